The van der Waals surface area contributed by atoms with Crippen molar-refractivity contribution in [3.63, 3.8) is 0 Å². The second kappa shape index (κ2) is 6.38. The summed E-state index contributed by atoms with van der Waals surface area (Å²) in [6.45, 7) is 0.592. The molecule has 1 aliphatic heterocycles. The van der Waals surface area contributed by atoms with Gasteiger partial charge in [0, 0.05) is 19.3 Å². The number of carbonyl (C=O) groups is 2. The summed E-state index contributed by atoms with van der Waals surface area (Å²) < 4.78 is 5.15. The van der Waals surface area contributed by atoms with Gasteiger partial charge in [-0.25, -0.2) is 9.69 Å². The molecule has 20 heavy (non-hydrogen) atoms. The molecule has 0 spiro atoms. The Kier molecular flexibility index (Phi) is 4.57. The average Bonchev–Trinajstić information content (AvgIpc) is 2.81. The van der Waals surface area contributed by atoms with Crippen molar-refractivity contribution in [2.24, 2.45) is 5.92 Å². The summed E-state index contributed by atoms with van der Waals surface area (Å²) in [7, 11) is 1.56. The van der Waals surface area contributed by atoms with Crippen molar-refractivity contribution >= 4 is 17.7 Å². The molecular weight excluding hydrogens is 260 g/mol. The molecule has 0 aliphatic carbocycles. The first-order valence-electron chi connectivity index (χ1n) is 6.48. The molecule has 6 heteroatoms. The van der Waals surface area contributed by atoms with Crippen LogP contribution in [-0.4, -0.2) is 48.3 Å². The van der Waals surface area contributed by atoms with Crippen molar-refractivity contribution in [3.05, 3.63) is 30.3 Å². The summed E-state index contributed by atoms with van der Waals surface area (Å²) in [6.07, 6.45) is -0.674. The van der Waals surface area contributed by atoms with Crippen LogP contribution in [0.5, 0.6) is 0 Å². The summed E-state index contributed by atoms with van der Waals surface area (Å²) in [5.41, 5.74) is 0.885. The fourth-order valence-corrected chi connectivity index (χ4v) is 2.45. The zero-order valence-corrected chi connectivity index (χ0v) is 11.3. The molecule has 1 aliphatic rings. The number of rotatable bonds is 5. The van der Waals surface area contributed by atoms with Gasteiger partial charge in [-0.3, -0.25) is 4.79 Å². The fourth-order valence-electron chi connectivity index (χ4n) is 2.45. The highest BCUT2D eigenvalue weighted by molar-refractivity contribution is 5.94. The van der Waals surface area contributed by atoms with Crippen LogP contribution in [0.25, 0.3) is 0 Å². The molecule has 0 radical (unpaired) electrons. The summed E-state index contributed by atoms with van der Waals surface area (Å²) in [5.74, 6) is -0.741. The molecular formula is C14H18N2O4. The van der Waals surface area contributed by atoms with E-state index in [-0.39, 0.29) is 24.4 Å². The first kappa shape index (κ1) is 14.3. The average molecular weight is 278 g/mol. The van der Waals surface area contributed by atoms with E-state index in [4.69, 9.17) is 9.84 Å². The number of hydrogen-bond acceptors (Lipinski definition) is 4. The van der Waals surface area contributed by atoms with Crippen molar-refractivity contribution in [3.8, 4) is 0 Å². The number of amides is 2. The number of imide groups is 1. The van der Waals surface area contributed by atoms with Crippen molar-refractivity contribution in [1.29, 1.82) is 0 Å². The summed E-state index contributed by atoms with van der Waals surface area (Å²) in [5, 5.41) is 12.2. The third-order valence-corrected chi connectivity index (χ3v) is 3.44. The molecule has 2 rings (SSSR count). The van der Waals surface area contributed by atoms with Gasteiger partial charge in [-0.2, -0.15) is 0 Å². The van der Waals surface area contributed by atoms with Crippen molar-refractivity contribution in [2.45, 2.75) is 12.5 Å². The zero-order valence-electron chi connectivity index (χ0n) is 11.3. The van der Waals surface area contributed by atoms with E-state index >= 15 is 0 Å². The van der Waals surface area contributed by atoms with Gasteiger partial charge in [-0.1, -0.05) is 18.2 Å². The minimum atomic E-state index is -1.19. The van der Waals surface area contributed by atoms with E-state index in [2.05, 4.69) is 5.32 Å². The van der Waals surface area contributed by atoms with Crippen LogP contribution in [0.1, 0.15) is 6.42 Å². The molecule has 6 nitrogen and oxygen atoms in total. The van der Waals surface area contributed by atoms with Gasteiger partial charge in [0.25, 0.3) is 0 Å². The maximum absolute atomic E-state index is 12.1. The second-order valence-electron chi connectivity index (χ2n) is 4.74. The molecule has 1 aromatic carbocycles. The highest BCUT2D eigenvalue weighted by atomic mass is 16.5. The van der Waals surface area contributed by atoms with Crippen molar-refractivity contribution in [2.75, 3.05) is 25.6 Å². The standard InChI is InChI=1S/C14H18N2O4/c1-20-9-12(15-10-5-3-2-4-6-10)11-7-8-16(13(11)17)14(18)19/h2-6,11-12,15H,7-9H2,1H3,(H,18,19). The van der Waals surface area contributed by atoms with Crippen LogP contribution in [0.3, 0.4) is 0 Å². The highest BCUT2D eigenvalue weighted by Crippen LogP contribution is 2.24. The minimum Gasteiger partial charge on any atom is -0.465 e. The molecule has 1 saturated heterocycles. The van der Waals surface area contributed by atoms with Crippen LogP contribution in [0.4, 0.5) is 10.5 Å². The number of likely N-dealkylation sites (tertiary alicyclic amines) is 1. The molecule has 0 aromatic heterocycles. The third-order valence-electron chi connectivity index (χ3n) is 3.44. The van der Waals surface area contributed by atoms with E-state index in [1.165, 1.54) is 0 Å². The monoisotopic (exact) mass is 278 g/mol. The fraction of sp³-hybridized carbons (Fsp3) is 0.429. The van der Waals surface area contributed by atoms with Crippen LogP contribution < -0.4 is 5.32 Å². The summed E-state index contributed by atoms with van der Waals surface area (Å²) in [6, 6.07) is 9.26. The van der Waals surface area contributed by atoms with Crippen LogP contribution >= 0.6 is 0 Å². The van der Waals surface area contributed by atoms with Crippen LogP contribution in [-0.2, 0) is 9.53 Å². The lowest BCUT2D eigenvalue weighted by molar-refractivity contribution is -0.129. The lowest BCUT2D eigenvalue weighted by Crippen LogP contribution is -2.40. The van der Waals surface area contributed by atoms with Gasteiger partial charge in [0.1, 0.15) is 0 Å². The number of anilines is 1. The lowest BCUT2D eigenvalue weighted by atomic mass is 9.98. The van der Waals surface area contributed by atoms with Crippen molar-refractivity contribution in [1.82, 2.24) is 4.90 Å². The number of nitrogens with zero attached hydrogens (tertiary/aromatic N) is 1. The Labute approximate surface area is 117 Å². The van der Waals surface area contributed by atoms with E-state index < -0.39 is 6.09 Å². The topological polar surface area (TPSA) is 78.9 Å². The summed E-state index contributed by atoms with van der Waals surface area (Å²) >= 11 is 0. The molecule has 0 saturated carbocycles. The van der Waals surface area contributed by atoms with Crippen LogP contribution in [0.2, 0.25) is 0 Å². The van der Waals surface area contributed by atoms with E-state index in [0.717, 1.165) is 10.6 Å². The normalized spacial score (nSPS) is 19.9. The molecule has 2 atom stereocenters. The molecule has 2 unspecified atom stereocenters. The van der Waals surface area contributed by atoms with Gasteiger partial charge in [-0.05, 0) is 18.6 Å². The smallest absolute Gasteiger partial charge is 0.414 e. The Morgan fingerprint density at radius 3 is 2.75 bits per heavy atom. The number of carbonyl (C=O) groups excluding carboxylic acids is 1. The lowest BCUT2D eigenvalue weighted by Gasteiger charge is -2.24. The molecule has 0 bridgehead atoms. The van der Waals surface area contributed by atoms with Gasteiger partial charge < -0.3 is 15.2 Å². The first-order valence-corrected chi connectivity index (χ1v) is 6.48. The maximum atomic E-state index is 12.1. The zero-order chi connectivity index (χ0) is 14.5. The SMILES string of the molecule is COCC(Nc1ccccc1)C1CCN(C(=O)O)C1=O. The van der Waals surface area contributed by atoms with Gasteiger partial charge >= 0.3 is 6.09 Å². The molecule has 1 heterocycles. The Hall–Kier alpha value is -2.08. The number of methoxy groups -OCH3 is 1. The Balaban J connectivity index is 2.09. The van der Waals surface area contributed by atoms with E-state index in [1.807, 2.05) is 30.3 Å². The Morgan fingerprint density at radius 2 is 2.20 bits per heavy atom. The maximum Gasteiger partial charge on any atom is 0.414 e. The van der Waals surface area contributed by atoms with Crippen LogP contribution in [0.15, 0.2) is 30.3 Å². The van der Waals surface area contributed by atoms with Crippen LogP contribution in [0, 0.1) is 5.92 Å². The van der Waals surface area contributed by atoms with Gasteiger partial charge in [0.15, 0.2) is 0 Å². The van der Waals surface area contributed by atoms with E-state index in [1.54, 1.807) is 7.11 Å². The van der Waals surface area contributed by atoms with E-state index in [0.29, 0.717) is 13.0 Å². The molecule has 1 aromatic rings. The van der Waals surface area contributed by atoms with Gasteiger partial charge in [-0.15, -0.1) is 0 Å². The highest BCUT2D eigenvalue weighted by Gasteiger charge is 2.40. The number of para-hydroxylation sites is 1. The second-order valence-corrected chi connectivity index (χ2v) is 4.74. The number of ether oxygens (including phenoxy) is 1. The molecule has 108 valence electrons. The number of carboxylic acid groups (broad SMARTS) is 1. The molecule has 2 amide bonds. The predicted molar refractivity (Wildman–Crippen MR) is 73.6 cm³/mol. The van der Waals surface area contributed by atoms with Gasteiger partial charge in [0.05, 0.1) is 18.6 Å². The number of benzene rings is 1. The van der Waals surface area contributed by atoms with E-state index in [9.17, 15) is 9.59 Å². The summed E-state index contributed by atoms with van der Waals surface area (Å²) in [4.78, 5) is 23.9. The van der Waals surface area contributed by atoms with Crippen molar-refractivity contribution < 1.29 is 19.4 Å². The van der Waals surface area contributed by atoms with Gasteiger partial charge in [0.2, 0.25) is 5.91 Å². The molecule has 2 N–H and O–H groups in total. The number of hydrogen-bond donors (Lipinski definition) is 2. The third kappa shape index (κ3) is 3.08. The first-order chi connectivity index (χ1) is 9.63. The quantitative estimate of drug-likeness (QED) is 0.856. The Morgan fingerprint density at radius 1 is 1.50 bits per heavy atom. The molecule has 1 fully saturated rings. The minimum absolute atomic E-state index is 0.237. The Bertz CT molecular complexity index is 477. The number of nitrogens with one attached hydrogen (secondary N) is 1. The largest absolute Gasteiger partial charge is 0.465 e. The predicted octanol–water partition coefficient (Wildman–Crippen LogP) is 1.64.